The van der Waals surface area contributed by atoms with Gasteiger partial charge in [-0.3, -0.25) is 0 Å². The third kappa shape index (κ3) is 3.50. The van der Waals surface area contributed by atoms with E-state index >= 15 is 0 Å². The lowest BCUT2D eigenvalue weighted by Gasteiger charge is -2.26. The van der Waals surface area contributed by atoms with E-state index in [-0.39, 0.29) is 18.2 Å². The van der Waals surface area contributed by atoms with E-state index in [4.69, 9.17) is 9.47 Å². The van der Waals surface area contributed by atoms with Crippen LogP contribution in [0.1, 0.15) is 37.9 Å². The van der Waals surface area contributed by atoms with E-state index in [1.807, 2.05) is 13.0 Å². The van der Waals surface area contributed by atoms with E-state index in [2.05, 4.69) is 9.71 Å². The topological polar surface area (TPSA) is 80.8 Å². The smallest absolute Gasteiger partial charge is 0.280 e. The van der Waals surface area contributed by atoms with Crippen molar-refractivity contribution in [2.75, 3.05) is 20.3 Å². The molecule has 0 aromatic carbocycles. The molecule has 2 fully saturated rings. The molecule has 7 nitrogen and oxygen atoms in total. The maximum absolute atomic E-state index is 12.6. The van der Waals surface area contributed by atoms with Crippen LogP contribution in [0.2, 0.25) is 0 Å². The first-order valence-electron chi connectivity index (χ1n) is 7.92. The summed E-state index contributed by atoms with van der Waals surface area (Å²) < 4.78 is 40.4. The Bertz CT molecular complexity index is 635. The first kappa shape index (κ1) is 16.6. The minimum atomic E-state index is -3.49. The molecular formula is C15H23N3O4S. The second-order valence-corrected chi connectivity index (χ2v) is 7.70. The van der Waals surface area contributed by atoms with Gasteiger partial charge in [0.15, 0.2) is 0 Å². The number of nitrogens with one attached hydrogen (secondary N) is 1. The van der Waals surface area contributed by atoms with E-state index in [0.29, 0.717) is 25.5 Å². The van der Waals surface area contributed by atoms with Crippen molar-refractivity contribution < 1.29 is 17.9 Å². The van der Waals surface area contributed by atoms with Crippen LogP contribution >= 0.6 is 0 Å². The quantitative estimate of drug-likeness (QED) is 0.871. The normalized spacial score (nSPS) is 29.0. The molecule has 2 aliphatic rings. The van der Waals surface area contributed by atoms with Crippen LogP contribution in [0, 0.1) is 0 Å². The summed E-state index contributed by atoms with van der Waals surface area (Å²) in [6.07, 6.45) is 3.83. The Labute approximate surface area is 137 Å². The van der Waals surface area contributed by atoms with Crippen molar-refractivity contribution in [2.45, 2.75) is 44.4 Å². The average Bonchev–Trinajstić information content (AvgIpc) is 3.16. The van der Waals surface area contributed by atoms with Gasteiger partial charge in [-0.15, -0.1) is 0 Å². The van der Waals surface area contributed by atoms with E-state index in [9.17, 15) is 8.42 Å². The molecule has 3 heterocycles. The molecule has 2 saturated heterocycles. The Morgan fingerprint density at radius 1 is 1.39 bits per heavy atom. The highest BCUT2D eigenvalue weighted by atomic mass is 32.2. The lowest BCUT2D eigenvalue weighted by Crippen LogP contribution is -2.47. The molecule has 2 aliphatic heterocycles. The summed E-state index contributed by atoms with van der Waals surface area (Å²) in [7, 11) is -1.93. The zero-order chi connectivity index (χ0) is 16.4. The van der Waals surface area contributed by atoms with Crippen molar-refractivity contribution in [1.82, 2.24) is 14.0 Å². The number of rotatable bonds is 5. The minimum absolute atomic E-state index is 0.0518. The third-order valence-electron chi connectivity index (χ3n) is 4.49. The molecule has 0 spiro atoms. The number of methoxy groups -OCH3 is 1. The fourth-order valence-electron chi connectivity index (χ4n) is 3.24. The van der Waals surface area contributed by atoms with Crippen LogP contribution in [0.3, 0.4) is 0 Å². The van der Waals surface area contributed by atoms with Crippen molar-refractivity contribution in [3.63, 3.8) is 0 Å². The van der Waals surface area contributed by atoms with Gasteiger partial charge in [-0.1, -0.05) is 0 Å². The number of aromatic nitrogens is 1. The Hall–Kier alpha value is -1.22. The van der Waals surface area contributed by atoms with Gasteiger partial charge in [0.2, 0.25) is 5.88 Å². The number of hydrogen-bond acceptors (Lipinski definition) is 5. The molecule has 1 N–H and O–H groups in total. The lowest BCUT2D eigenvalue weighted by atomic mass is 10.1. The molecule has 1 aromatic rings. The van der Waals surface area contributed by atoms with Gasteiger partial charge in [-0.25, -0.2) is 4.98 Å². The maximum atomic E-state index is 12.6. The summed E-state index contributed by atoms with van der Waals surface area (Å²) in [6, 6.07) is 3.39. The van der Waals surface area contributed by atoms with Crippen LogP contribution in [0.15, 0.2) is 18.3 Å². The van der Waals surface area contributed by atoms with Gasteiger partial charge < -0.3 is 9.47 Å². The summed E-state index contributed by atoms with van der Waals surface area (Å²) in [5.74, 6) is 0.523. The number of nitrogens with zero attached hydrogens (tertiary/aromatic N) is 2. The van der Waals surface area contributed by atoms with Crippen LogP contribution in [0.5, 0.6) is 5.88 Å². The van der Waals surface area contributed by atoms with Crippen LogP contribution in [-0.4, -0.2) is 50.1 Å². The lowest BCUT2D eigenvalue weighted by molar-refractivity contribution is 0.102. The Kier molecular flexibility index (Phi) is 4.86. The second-order valence-electron chi connectivity index (χ2n) is 6.05. The number of ether oxygens (including phenoxy) is 2. The van der Waals surface area contributed by atoms with E-state index in [0.717, 1.165) is 18.4 Å². The Balaban J connectivity index is 1.73. The molecule has 3 atom stereocenters. The summed E-state index contributed by atoms with van der Waals surface area (Å²) >= 11 is 0. The summed E-state index contributed by atoms with van der Waals surface area (Å²) in [4.78, 5) is 4.17. The third-order valence-corrected chi connectivity index (χ3v) is 6.25. The molecule has 0 saturated carbocycles. The molecule has 0 bridgehead atoms. The first-order chi connectivity index (χ1) is 11.0. The van der Waals surface area contributed by atoms with Crippen molar-refractivity contribution >= 4 is 10.2 Å². The molecular weight excluding hydrogens is 318 g/mol. The summed E-state index contributed by atoms with van der Waals surface area (Å²) in [6.45, 7) is 3.06. The van der Waals surface area contributed by atoms with Gasteiger partial charge in [-0.05, 0) is 32.3 Å². The second kappa shape index (κ2) is 6.72. The van der Waals surface area contributed by atoms with Crippen LogP contribution in [-0.2, 0) is 14.9 Å². The van der Waals surface area contributed by atoms with Gasteiger partial charge >= 0.3 is 0 Å². The molecule has 3 rings (SSSR count). The molecule has 8 heteroatoms. The van der Waals surface area contributed by atoms with E-state index < -0.39 is 10.2 Å². The van der Waals surface area contributed by atoms with Crippen molar-refractivity contribution in [3.8, 4) is 5.88 Å². The van der Waals surface area contributed by atoms with E-state index in [1.54, 1.807) is 23.7 Å². The standard InChI is InChI=1S/C15H23N3O4S/c1-11-4-3-8-18(11)23(19,20)17-13-7-9-22-15(13)12-5-6-14(21-2)16-10-12/h5-6,10-11,13,15,17H,3-4,7-9H2,1-2H3/t11?,13-,15+/m0/s1. The molecule has 1 unspecified atom stereocenters. The number of hydrogen-bond donors (Lipinski definition) is 1. The van der Waals surface area contributed by atoms with Gasteiger partial charge in [0.1, 0.15) is 6.10 Å². The fourth-order valence-corrected chi connectivity index (χ4v) is 4.95. The van der Waals surface area contributed by atoms with Crippen molar-refractivity contribution in [2.24, 2.45) is 0 Å². The Morgan fingerprint density at radius 3 is 2.83 bits per heavy atom. The van der Waals surface area contributed by atoms with Gasteiger partial charge in [0.05, 0.1) is 13.2 Å². The van der Waals surface area contributed by atoms with Gasteiger partial charge in [-0.2, -0.15) is 17.4 Å². The largest absolute Gasteiger partial charge is 0.481 e. The highest BCUT2D eigenvalue weighted by molar-refractivity contribution is 7.87. The fraction of sp³-hybridized carbons (Fsp3) is 0.667. The summed E-state index contributed by atoms with van der Waals surface area (Å²) in [5.41, 5.74) is 0.852. The van der Waals surface area contributed by atoms with Crippen molar-refractivity contribution in [3.05, 3.63) is 23.9 Å². The minimum Gasteiger partial charge on any atom is -0.481 e. The van der Waals surface area contributed by atoms with Gasteiger partial charge in [0.25, 0.3) is 10.2 Å². The number of pyridine rings is 1. The molecule has 0 radical (unpaired) electrons. The first-order valence-corrected chi connectivity index (χ1v) is 9.36. The monoisotopic (exact) mass is 341 g/mol. The average molecular weight is 341 g/mol. The van der Waals surface area contributed by atoms with Crippen LogP contribution in [0.25, 0.3) is 0 Å². The molecule has 0 amide bonds. The van der Waals surface area contributed by atoms with Crippen LogP contribution in [0.4, 0.5) is 0 Å². The molecule has 128 valence electrons. The molecule has 1 aromatic heterocycles. The summed E-state index contributed by atoms with van der Waals surface area (Å²) in [5, 5.41) is 0. The molecule has 0 aliphatic carbocycles. The SMILES string of the molecule is COc1ccc([C@H]2OCC[C@@H]2NS(=O)(=O)N2CCCC2C)cn1. The van der Waals surface area contributed by atoms with Crippen LogP contribution < -0.4 is 9.46 Å². The predicted octanol–water partition coefficient (Wildman–Crippen LogP) is 1.24. The van der Waals surface area contributed by atoms with Crippen molar-refractivity contribution in [1.29, 1.82) is 0 Å². The maximum Gasteiger partial charge on any atom is 0.280 e. The predicted molar refractivity (Wildman–Crippen MR) is 85.3 cm³/mol. The zero-order valence-corrected chi connectivity index (χ0v) is 14.3. The van der Waals surface area contributed by atoms with Gasteiger partial charge in [0, 0.05) is 37.0 Å². The van der Waals surface area contributed by atoms with E-state index in [1.165, 1.54) is 0 Å². The highest BCUT2D eigenvalue weighted by Crippen LogP contribution is 2.31. The Morgan fingerprint density at radius 2 is 2.22 bits per heavy atom. The highest BCUT2D eigenvalue weighted by Gasteiger charge is 2.37. The zero-order valence-electron chi connectivity index (χ0n) is 13.4. The molecule has 23 heavy (non-hydrogen) atoms.